The van der Waals surface area contributed by atoms with Crippen LogP contribution in [0.3, 0.4) is 0 Å². The lowest BCUT2D eigenvalue weighted by atomic mass is 9.86. The van der Waals surface area contributed by atoms with Gasteiger partial charge in [0.05, 0.1) is 5.92 Å². The quantitative estimate of drug-likeness (QED) is 0.808. The number of carbonyl (C=O) groups is 1. The average Bonchev–Trinajstić information content (AvgIpc) is 2.67. The number of nitrogens with one attached hydrogen (secondary N) is 1. The van der Waals surface area contributed by atoms with Gasteiger partial charge in [-0.05, 0) is 61.1 Å². The van der Waals surface area contributed by atoms with E-state index in [1.807, 2.05) is 24.3 Å². The molecule has 5 heteroatoms. The van der Waals surface area contributed by atoms with E-state index in [9.17, 15) is 4.79 Å². The highest BCUT2D eigenvalue weighted by molar-refractivity contribution is 5.70. The van der Waals surface area contributed by atoms with Gasteiger partial charge in [0.25, 0.3) is 0 Å². The summed E-state index contributed by atoms with van der Waals surface area (Å²) in [5.74, 6) is 0.0400. The van der Waals surface area contributed by atoms with Gasteiger partial charge < -0.3 is 15.2 Å². The van der Waals surface area contributed by atoms with Crippen molar-refractivity contribution in [3.05, 3.63) is 59.9 Å². The Labute approximate surface area is 148 Å². The molecule has 1 fully saturated rings. The van der Waals surface area contributed by atoms with Crippen molar-refractivity contribution in [2.75, 3.05) is 0 Å². The maximum Gasteiger partial charge on any atom is 0.306 e. The minimum Gasteiger partial charge on any atom is -0.489 e. The molecule has 0 radical (unpaired) electrons. The van der Waals surface area contributed by atoms with Crippen LogP contribution in [0.5, 0.6) is 5.75 Å². The lowest BCUT2D eigenvalue weighted by molar-refractivity contribution is -0.142. The van der Waals surface area contributed by atoms with E-state index in [1.54, 1.807) is 12.4 Å². The first kappa shape index (κ1) is 17.4. The predicted octanol–water partition coefficient (Wildman–Crippen LogP) is 3.39. The summed E-state index contributed by atoms with van der Waals surface area (Å²) in [6, 6.07) is 12.4. The molecule has 1 aliphatic carbocycles. The molecule has 132 valence electrons. The lowest BCUT2D eigenvalue weighted by Crippen LogP contribution is -2.34. The van der Waals surface area contributed by atoms with Gasteiger partial charge >= 0.3 is 5.97 Å². The fraction of sp³-hybridized carbons (Fsp3) is 0.400. The second kappa shape index (κ2) is 8.62. The minimum atomic E-state index is -0.652. The molecule has 25 heavy (non-hydrogen) atoms. The van der Waals surface area contributed by atoms with Crippen LogP contribution in [-0.4, -0.2) is 22.1 Å². The molecule has 2 N–H and O–H groups in total. The van der Waals surface area contributed by atoms with Crippen LogP contribution >= 0.6 is 0 Å². The molecule has 0 atom stereocenters. The van der Waals surface area contributed by atoms with Crippen LogP contribution in [0.2, 0.25) is 0 Å². The smallest absolute Gasteiger partial charge is 0.306 e. The third kappa shape index (κ3) is 5.29. The van der Waals surface area contributed by atoms with Crippen LogP contribution in [0.15, 0.2) is 48.8 Å². The second-order valence-corrected chi connectivity index (χ2v) is 6.56. The Morgan fingerprint density at radius 2 is 1.72 bits per heavy atom. The number of nitrogens with zero attached hydrogens (tertiary/aromatic N) is 1. The van der Waals surface area contributed by atoms with E-state index in [2.05, 4.69) is 22.4 Å². The predicted molar refractivity (Wildman–Crippen MR) is 95.2 cm³/mol. The fourth-order valence-electron chi connectivity index (χ4n) is 3.16. The van der Waals surface area contributed by atoms with Gasteiger partial charge in [-0.15, -0.1) is 0 Å². The summed E-state index contributed by atoms with van der Waals surface area (Å²) < 4.78 is 5.77. The van der Waals surface area contributed by atoms with E-state index in [1.165, 1.54) is 5.56 Å². The summed E-state index contributed by atoms with van der Waals surface area (Å²) in [5, 5.41) is 12.6. The van der Waals surface area contributed by atoms with Gasteiger partial charge in [0.1, 0.15) is 12.4 Å². The van der Waals surface area contributed by atoms with Crippen molar-refractivity contribution in [2.24, 2.45) is 5.92 Å². The summed E-state index contributed by atoms with van der Waals surface area (Å²) in [7, 11) is 0. The Morgan fingerprint density at radius 3 is 2.36 bits per heavy atom. The largest absolute Gasteiger partial charge is 0.489 e. The van der Waals surface area contributed by atoms with Crippen molar-refractivity contribution in [3.8, 4) is 5.75 Å². The van der Waals surface area contributed by atoms with Crippen LogP contribution in [-0.2, 0) is 17.9 Å². The summed E-state index contributed by atoms with van der Waals surface area (Å²) in [6.45, 7) is 1.33. The average molecular weight is 340 g/mol. The summed E-state index contributed by atoms with van der Waals surface area (Å²) in [5.41, 5.74) is 2.30. The van der Waals surface area contributed by atoms with Gasteiger partial charge in [-0.2, -0.15) is 0 Å². The van der Waals surface area contributed by atoms with E-state index in [-0.39, 0.29) is 5.92 Å². The lowest BCUT2D eigenvalue weighted by Gasteiger charge is -2.27. The van der Waals surface area contributed by atoms with E-state index in [0.717, 1.165) is 43.5 Å². The van der Waals surface area contributed by atoms with Crippen LogP contribution in [0.25, 0.3) is 0 Å². The molecule has 0 bridgehead atoms. The molecule has 1 aromatic heterocycles. The number of rotatable bonds is 7. The summed E-state index contributed by atoms with van der Waals surface area (Å²) in [4.78, 5) is 15.0. The first-order chi connectivity index (χ1) is 12.2. The zero-order valence-corrected chi connectivity index (χ0v) is 14.2. The zero-order chi connectivity index (χ0) is 17.5. The standard InChI is InChI=1S/C20H24N2O3/c23-20(24)17-3-5-18(6-4-17)22-13-15-1-7-19(8-2-15)25-14-16-9-11-21-12-10-16/h1-2,7-12,17-18,22H,3-6,13-14H2,(H,23,24). The highest BCUT2D eigenvalue weighted by atomic mass is 16.5. The molecule has 0 amide bonds. The number of ether oxygens (including phenoxy) is 1. The van der Waals surface area contributed by atoms with Gasteiger partial charge in [0, 0.05) is 25.0 Å². The van der Waals surface area contributed by atoms with Crippen molar-refractivity contribution in [1.29, 1.82) is 0 Å². The third-order valence-electron chi connectivity index (χ3n) is 4.75. The third-order valence-corrected chi connectivity index (χ3v) is 4.75. The number of aliphatic carboxylic acids is 1. The molecule has 0 spiro atoms. The Hall–Kier alpha value is -2.40. The van der Waals surface area contributed by atoms with Crippen LogP contribution in [0, 0.1) is 5.92 Å². The van der Waals surface area contributed by atoms with E-state index in [0.29, 0.717) is 12.6 Å². The number of benzene rings is 1. The normalized spacial score (nSPS) is 20.2. The Balaban J connectivity index is 1.41. The zero-order valence-electron chi connectivity index (χ0n) is 14.2. The number of carboxylic acid groups (broad SMARTS) is 1. The number of hydrogen-bond donors (Lipinski definition) is 2. The van der Waals surface area contributed by atoms with Crippen molar-refractivity contribution in [2.45, 2.75) is 44.9 Å². The highest BCUT2D eigenvalue weighted by Crippen LogP contribution is 2.24. The Kier molecular flexibility index (Phi) is 6.01. The minimum absolute atomic E-state index is 0.158. The van der Waals surface area contributed by atoms with Gasteiger partial charge in [0.2, 0.25) is 0 Å². The molecule has 1 aliphatic rings. The fourth-order valence-corrected chi connectivity index (χ4v) is 3.16. The van der Waals surface area contributed by atoms with Gasteiger partial charge in [-0.1, -0.05) is 12.1 Å². The number of aromatic nitrogens is 1. The molecule has 0 unspecified atom stereocenters. The van der Waals surface area contributed by atoms with Crippen molar-refractivity contribution < 1.29 is 14.6 Å². The molecular formula is C20H24N2O3. The maximum absolute atomic E-state index is 11.0. The SMILES string of the molecule is O=C(O)C1CCC(NCc2ccc(OCc3ccncc3)cc2)CC1. The molecule has 0 aliphatic heterocycles. The second-order valence-electron chi connectivity index (χ2n) is 6.56. The number of hydrogen-bond acceptors (Lipinski definition) is 4. The molecule has 5 nitrogen and oxygen atoms in total. The van der Waals surface area contributed by atoms with E-state index < -0.39 is 5.97 Å². The van der Waals surface area contributed by atoms with Crippen molar-refractivity contribution in [1.82, 2.24) is 10.3 Å². The van der Waals surface area contributed by atoms with Gasteiger partial charge in [-0.3, -0.25) is 9.78 Å². The first-order valence-electron chi connectivity index (χ1n) is 8.77. The van der Waals surface area contributed by atoms with Crippen molar-refractivity contribution in [3.63, 3.8) is 0 Å². The summed E-state index contributed by atoms with van der Waals surface area (Å²) in [6.07, 6.45) is 6.94. The molecule has 1 aromatic carbocycles. The maximum atomic E-state index is 11.0. The Bertz CT molecular complexity index is 665. The van der Waals surface area contributed by atoms with E-state index >= 15 is 0 Å². The molecular weight excluding hydrogens is 316 g/mol. The van der Waals surface area contributed by atoms with Crippen LogP contribution < -0.4 is 10.1 Å². The molecule has 1 heterocycles. The van der Waals surface area contributed by atoms with Crippen LogP contribution in [0.1, 0.15) is 36.8 Å². The molecule has 0 saturated heterocycles. The monoisotopic (exact) mass is 340 g/mol. The summed E-state index contributed by atoms with van der Waals surface area (Å²) >= 11 is 0. The topological polar surface area (TPSA) is 71.5 Å². The Morgan fingerprint density at radius 1 is 1.04 bits per heavy atom. The number of pyridine rings is 1. The first-order valence-corrected chi connectivity index (χ1v) is 8.77. The molecule has 2 aromatic rings. The van der Waals surface area contributed by atoms with Gasteiger partial charge in [0.15, 0.2) is 0 Å². The highest BCUT2D eigenvalue weighted by Gasteiger charge is 2.25. The number of carboxylic acids is 1. The van der Waals surface area contributed by atoms with Crippen molar-refractivity contribution >= 4 is 5.97 Å². The molecule has 1 saturated carbocycles. The van der Waals surface area contributed by atoms with Crippen LogP contribution in [0.4, 0.5) is 0 Å². The van der Waals surface area contributed by atoms with E-state index in [4.69, 9.17) is 9.84 Å². The van der Waals surface area contributed by atoms with Gasteiger partial charge in [-0.25, -0.2) is 0 Å². The molecule has 3 rings (SSSR count).